The van der Waals surface area contributed by atoms with Crippen molar-refractivity contribution in [1.82, 2.24) is 10.3 Å². The Morgan fingerprint density at radius 2 is 2.40 bits per heavy atom. The summed E-state index contributed by atoms with van der Waals surface area (Å²) in [5.74, 6) is 0. The summed E-state index contributed by atoms with van der Waals surface area (Å²) in [6.45, 7) is 1.99. The fraction of sp³-hybridized carbons (Fsp3) is 0.545. The summed E-state index contributed by atoms with van der Waals surface area (Å²) in [4.78, 5) is 4.15. The standard InChI is InChI=1S/C11H18N2O2/c1-15-7-6-12-9-11(14)8-10-4-2-3-5-13-10/h2-5,11-12,14H,6-9H2,1H3. The molecule has 1 unspecified atom stereocenters. The largest absolute Gasteiger partial charge is 0.391 e. The van der Waals surface area contributed by atoms with Gasteiger partial charge in [0.1, 0.15) is 0 Å². The van der Waals surface area contributed by atoms with Crippen molar-refractivity contribution in [3.8, 4) is 0 Å². The average Bonchev–Trinajstić information content (AvgIpc) is 2.26. The molecule has 1 rings (SSSR count). The van der Waals surface area contributed by atoms with Crippen LogP contribution in [-0.2, 0) is 11.2 Å². The maximum atomic E-state index is 9.66. The molecule has 0 bridgehead atoms. The third kappa shape index (κ3) is 5.47. The van der Waals surface area contributed by atoms with Gasteiger partial charge in [-0.1, -0.05) is 6.07 Å². The van der Waals surface area contributed by atoms with Gasteiger partial charge < -0.3 is 15.2 Å². The van der Waals surface area contributed by atoms with E-state index < -0.39 is 6.10 Å². The number of nitrogens with one attached hydrogen (secondary N) is 1. The molecule has 4 heteroatoms. The molecule has 0 aliphatic heterocycles. The molecule has 0 aliphatic rings. The molecule has 0 saturated carbocycles. The van der Waals surface area contributed by atoms with Crippen molar-refractivity contribution in [3.63, 3.8) is 0 Å². The summed E-state index contributed by atoms with van der Waals surface area (Å²) in [5, 5.41) is 12.8. The lowest BCUT2D eigenvalue weighted by Gasteiger charge is -2.10. The molecule has 2 N–H and O–H groups in total. The molecule has 0 saturated heterocycles. The molecular formula is C11H18N2O2. The van der Waals surface area contributed by atoms with Gasteiger partial charge in [0.15, 0.2) is 0 Å². The lowest BCUT2D eigenvalue weighted by atomic mass is 10.2. The highest BCUT2D eigenvalue weighted by molar-refractivity contribution is 5.04. The Hall–Kier alpha value is -0.970. The van der Waals surface area contributed by atoms with Crippen LogP contribution in [0.15, 0.2) is 24.4 Å². The smallest absolute Gasteiger partial charge is 0.0719 e. The van der Waals surface area contributed by atoms with E-state index in [1.165, 1.54) is 0 Å². The minimum absolute atomic E-state index is 0.392. The number of pyridine rings is 1. The number of aromatic nitrogens is 1. The first-order valence-electron chi connectivity index (χ1n) is 5.10. The van der Waals surface area contributed by atoms with Crippen molar-refractivity contribution >= 4 is 0 Å². The topological polar surface area (TPSA) is 54.4 Å². The quantitative estimate of drug-likeness (QED) is 0.632. The maximum absolute atomic E-state index is 9.66. The van der Waals surface area contributed by atoms with E-state index in [1.807, 2.05) is 18.2 Å². The first-order valence-corrected chi connectivity index (χ1v) is 5.10. The van der Waals surface area contributed by atoms with Crippen LogP contribution < -0.4 is 5.32 Å². The predicted octanol–water partition coefficient (Wildman–Crippen LogP) is 0.221. The number of ether oxygens (including phenoxy) is 1. The zero-order valence-electron chi connectivity index (χ0n) is 9.02. The molecule has 1 atom stereocenters. The molecule has 0 radical (unpaired) electrons. The molecule has 0 amide bonds. The van der Waals surface area contributed by atoms with Gasteiger partial charge >= 0.3 is 0 Å². The molecule has 1 aromatic heterocycles. The van der Waals surface area contributed by atoms with E-state index in [4.69, 9.17) is 4.74 Å². The fourth-order valence-corrected chi connectivity index (χ4v) is 1.28. The van der Waals surface area contributed by atoms with Crippen LogP contribution in [0.2, 0.25) is 0 Å². The third-order valence-electron chi connectivity index (χ3n) is 2.03. The number of hydrogen-bond acceptors (Lipinski definition) is 4. The van der Waals surface area contributed by atoms with Gasteiger partial charge in [-0.05, 0) is 12.1 Å². The van der Waals surface area contributed by atoms with Gasteiger partial charge in [-0.3, -0.25) is 4.98 Å². The van der Waals surface area contributed by atoms with Gasteiger partial charge in [-0.2, -0.15) is 0 Å². The van der Waals surface area contributed by atoms with E-state index in [0.29, 0.717) is 19.6 Å². The van der Waals surface area contributed by atoms with Crippen LogP contribution in [0.5, 0.6) is 0 Å². The molecule has 84 valence electrons. The fourth-order valence-electron chi connectivity index (χ4n) is 1.28. The van der Waals surface area contributed by atoms with Crippen LogP contribution in [0.25, 0.3) is 0 Å². The number of aliphatic hydroxyl groups excluding tert-OH is 1. The highest BCUT2D eigenvalue weighted by atomic mass is 16.5. The zero-order valence-corrected chi connectivity index (χ0v) is 9.02. The molecule has 0 aromatic carbocycles. The van der Waals surface area contributed by atoms with Crippen molar-refractivity contribution in [1.29, 1.82) is 0 Å². The van der Waals surface area contributed by atoms with Gasteiger partial charge in [0, 0.05) is 38.5 Å². The van der Waals surface area contributed by atoms with Crippen LogP contribution in [0.1, 0.15) is 5.69 Å². The minimum atomic E-state index is -0.392. The number of aliphatic hydroxyl groups is 1. The lowest BCUT2D eigenvalue weighted by Crippen LogP contribution is -2.30. The SMILES string of the molecule is COCCNCC(O)Cc1ccccn1. The van der Waals surface area contributed by atoms with E-state index in [-0.39, 0.29) is 0 Å². The van der Waals surface area contributed by atoms with Gasteiger partial charge in [0.2, 0.25) is 0 Å². The van der Waals surface area contributed by atoms with Crippen LogP contribution >= 0.6 is 0 Å². The van der Waals surface area contributed by atoms with E-state index in [2.05, 4.69) is 10.3 Å². The monoisotopic (exact) mass is 210 g/mol. The van der Waals surface area contributed by atoms with Gasteiger partial charge in [0.25, 0.3) is 0 Å². The maximum Gasteiger partial charge on any atom is 0.0719 e. The normalized spacial score (nSPS) is 12.7. The highest BCUT2D eigenvalue weighted by Crippen LogP contribution is 1.98. The number of hydrogen-bond donors (Lipinski definition) is 2. The molecule has 0 fully saturated rings. The van der Waals surface area contributed by atoms with Crippen molar-refractivity contribution in [2.45, 2.75) is 12.5 Å². The van der Waals surface area contributed by atoms with Crippen LogP contribution in [-0.4, -0.2) is 43.0 Å². The Bertz CT molecular complexity index is 254. The Balaban J connectivity index is 2.16. The van der Waals surface area contributed by atoms with Crippen LogP contribution in [0.4, 0.5) is 0 Å². The van der Waals surface area contributed by atoms with Crippen molar-refractivity contribution in [2.75, 3.05) is 26.8 Å². The van der Waals surface area contributed by atoms with Crippen molar-refractivity contribution in [3.05, 3.63) is 30.1 Å². The summed E-state index contributed by atoms with van der Waals surface area (Å²) in [7, 11) is 1.66. The molecule has 0 aliphatic carbocycles. The van der Waals surface area contributed by atoms with Gasteiger partial charge in [-0.25, -0.2) is 0 Å². The Morgan fingerprint density at radius 3 is 3.07 bits per heavy atom. The minimum Gasteiger partial charge on any atom is -0.391 e. The lowest BCUT2D eigenvalue weighted by molar-refractivity contribution is 0.159. The Morgan fingerprint density at radius 1 is 1.53 bits per heavy atom. The highest BCUT2D eigenvalue weighted by Gasteiger charge is 2.04. The Kier molecular flexibility index (Phi) is 5.92. The molecule has 0 spiro atoms. The molecule has 15 heavy (non-hydrogen) atoms. The summed E-state index contributed by atoms with van der Waals surface area (Å²) >= 11 is 0. The Labute approximate surface area is 90.3 Å². The summed E-state index contributed by atoms with van der Waals surface area (Å²) in [6, 6.07) is 5.71. The van der Waals surface area contributed by atoms with E-state index in [0.717, 1.165) is 12.2 Å². The van der Waals surface area contributed by atoms with Crippen LogP contribution in [0, 0.1) is 0 Å². The van der Waals surface area contributed by atoms with Gasteiger partial charge in [0.05, 0.1) is 12.7 Å². The van der Waals surface area contributed by atoms with E-state index in [9.17, 15) is 5.11 Å². The number of nitrogens with zero attached hydrogens (tertiary/aromatic N) is 1. The van der Waals surface area contributed by atoms with Gasteiger partial charge in [-0.15, -0.1) is 0 Å². The average molecular weight is 210 g/mol. The van der Waals surface area contributed by atoms with Crippen molar-refractivity contribution < 1.29 is 9.84 Å². The predicted molar refractivity (Wildman–Crippen MR) is 58.7 cm³/mol. The molecular weight excluding hydrogens is 192 g/mol. The number of methoxy groups -OCH3 is 1. The van der Waals surface area contributed by atoms with Crippen molar-refractivity contribution in [2.24, 2.45) is 0 Å². The third-order valence-corrected chi connectivity index (χ3v) is 2.03. The van der Waals surface area contributed by atoms with Crippen LogP contribution in [0.3, 0.4) is 0 Å². The first kappa shape index (κ1) is 12.1. The first-order chi connectivity index (χ1) is 7.33. The molecule has 4 nitrogen and oxygen atoms in total. The number of rotatable bonds is 7. The summed E-state index contributed by atoms with van der Waals surface area (Å²) in [6.07, 6.45) is 1.93. The van der Waals surface area contributed by atoms with E-state index in [1.54, 1.807) is 13.3 Å². The van der Waals surface area contributed by atoms with E-state index >= 15 is 0 Å². The zero-order chi connectivity index (χ0) is 10.9. The second-order valence-corrected chi connectivity index (χ2v) is 3.38. The molecule has 1 aromatic rings. The molecule has 1 heterocycles. The summed E-state index contributed by atoms with van der Waals surface area (Å²) < 4.78 is 4.89. The second-order valence-electron chi connectivity index (χ2n) is 3.38. The second kappa shape index (κ2) is 7.34. The summed E-state index contributed by atoms with van der Waals surface area (Å²) in [5.41, 5.74) is 0.915.